The minimum Gasteiger partial charge on any atom is -0.355 e. The summed E-state index contributed by atoms with van der Waals surface area (Å²) in [5.41, 5.74) is 1.01. The molecule has 0 saturated carbocycles. The highest BCUT2D eigenvalue weighted by Crippen LogP contribution is 2.25. The molecule has 0 radical (unpaired) electrons. The summed E-state index contributed by atoms with van der Waals surface area (Å²) in [4.78, 5) is 12.2. The number of hydrogen-bond donors (Lipinski definition) is 2. The summed E-state index contributed by atoms with van der Waals surface area (Å²) >= 11 is 1.31. The Bertz CT molecular complexity index is 678. The predicted molar refractivity (Wildman–Crippen MR) is 97.3 cm³/mol. The highest BCUT2D eigenvalue weighted by atomic mass is 32.2. The van der Waals surface area contributed by atoms with Crippen LogP contribution in [0.25, 0.3) is 0 Å². The van der Waals surface area contributed by atoms with E-state index in [1.54, 1.807) is 0 Å². The lowest BCUT2D eigenvalue weighted by molar-refractivity contribution is -0.120. The smallest absolute Gasteiger partial charge is 0.233 e. The Morgan fingerprint density at radius 1 is 1.29 bits per heavy atom. The van der Waals surface area contributed by atoms with E-state index in [0.717, 1.165) is 6.42 Å². The van der Waals surface area contributed by atoms with E-state index in [1.165, 1.54) is 22.0 Å². The minimum atomic E-state index is -0.292. The van der Waals surface area contributed by atoms with Gasteiger partial charge in [0, 0.05) is 12.0 Å². The lowest BCUT2D eigenvalue weighted by Gasteiger charge is -2.17. The number of nitrogens with two attached hydrogens (primary N) is 1. The van der Waals surface area contributed by atoms with Crippen LogP contribution < -0.4 is 11.2 Å². The second-order valence-electron chi connectivity index (χ2n) is 6.71. The first-order chi connectivity index (χ1) is 11.3. The van der Waals surface area contributed by atoms with Crippen molar-refractivity contribution in [2.75, 3.05) is 12.4 Å². The predicted octanol–water partition coefficient (Wildman–Crippen LogP) is 2.13. The molecule has 24 heavy (non-hydrogen) atoms. The minimum absolute atomic E-state index is 0.0313. The largest absolute Gasteiger partial charge is 0.355 e. The zero-order valence-corrected chi connectivity index (χ0v) is 15.4. The quantitative estimate of drug-likeness (QED) is 0.617. The van der Waals surface area contributed by atoms with Gasteiger partial charge >= 0.3 is 0 Å². The van der Waals surface area contributed by atoms with Gasteiger partial charge in [-0.2, -0.15) is 0 Å². The summed E-state index contributed by atoms with van der Waals surface area (Å²) in [6.45, 7) is 8.52. The number of benzene rings is 1. The molecule has 2 aromatic rings. The molecule has 6 nitrogen and oxygen atoms in total. The van der Waals surface area contributed by atoms with Gasteiger partial charge < -0.3 is 11.2 Å². The third kappa shape index (κ3) is 4.74. The number of thioether (sulfide) groups is 1. The number of nitrogens with one attached hydrogen (secondary N) is 1. The molecule has 0 saturated heterocycles. The second kappa shape index (κ2) is 7.70. The number of carbonyl (C=O) groups is 1. The Morgan fingerprint density at radius 2 is 1.96 bits per heavy atom. The first-order valence-electron chi connectivity index (χ1n) is 7.98. The van der Waals surface area contributed by atoms with Gasteiger partial charge in [-0.1, -0.05) is 62.9 Å². The van der Waals surface area contributed by atoms with Crippen LogP contribution in [0, 0.1) is 0 Å². The monoisotopic (exact) mass is 347 g/mol. The number of aromatic nitrogens is 3. The molecule has 2 rings (SSSR count). The van der Waals surface area contributed by atoms with Crippen LogP contribution >= 0.6 is 11.8 Å². The molecule has 1 aromatic heterocycles. The van der Waals surface area contributed by atoms with Crippen LogP contribution in [0.5, 0.6) is 0 Å². The molecule has 1 heterocycles. The molecule has 130 valence electrons. The molecule has 7 heteroatoms. The van der Waals surface area contributed by atoms with E-state index in [9.17, 15) is 4.79 Å². The van der Waals surface area contributed by atoms with Crippen molar-refractivity contribution in [3.63, 3.8) is 0 Å². The fraction of sp³-hybridized carbons (Fsp3) is 0.471. The van der Waals surface area contributed by atoms with Crippen molar-refractivity contribution in [3.8, 4) is 0 Å². The molecule has 0 fully saturated rings. The zero-order valence-electron chi connectivity index (χ0n) is 14.6. The van der Waals surface area contributed by atoms with Gasteiger partial charge in [0.1, 0.15) is 0 Å². The van der Waals surface area contributed by atoms with Gasteiger partial charge in [-0.25, -0.2) is 4.68 Å². The molecule has 1 amide bonds. The average molecular weight is 347 g/mol. The van der Waals surface area contributed by atoms with Gasteiger partial charge in [0.2, 0.25) is 11.1 Å². The number of hydrogen-bond acceptors (Lipinski definition) is 5. The third-order valence-electron chi connectivity index (χ3n) is 3.54. The molecule has 0 aliphatic heterocycles. The molecule has 1 atom stereocenters. The van der Waals surface area contributed by atoms with E-state index < -0.39 is 0 Å². The maximum absolute atomic E-state index is 12.2. The van der Waals surface area contributed by atoms with Crippen molar-refractivity contribution in [1.82, 2.24) is 20.2 Å². The summed E-state index contributed by atoms with van der Waals surface area (Å²) in [5, 5.41) is 11.4. The number of carbonyl (C=O) groups excluding carboxylic acids is 1. The molecule has 0 bridgehead atoms. The van der Waals surface area contributed by atoms with Crippen molar-refractivity contribution in [2.45, 2.75) is 49.9 Å². The lowest BCUT2D eigenvalue weighted by atomic mass is 9.96. The summed E-state index contributed by atoms with van der Waals surface area (Å²) in [7, 11) is 0. The Morgan fingerprint density at radius 3 is 2.54 bits per heavy atom. The van der Waals surface area contributed by atoms with Crippen molar-refractivity contribution in [3.05, 3.63) is 41.7 Å². The number of rotatable bonds is 6. The van der Waals surface area contributed by atoms with Crippen LogP contribution in [0.15, 0.2) is 35.5 Å². The highest BCUT2D eigenvalue weighted by Gasteiger charge is 2.25. The number of nitrogens with zero attached hydrogens (tertiary/aromatic N) is 3. The second-order valence-corrected chi connectivity index (χ2v) is 8.02. The normalized spacial score (nSPS) is 12.8. The molecule has 0 aliphatic rings. The van der Waals surface area contributed by atoms with E-state index in [-0.39, 0.29) is 16.6 Å². The molecule has 0 aliphatic carbocycles. The number of amides is 1. The van der Waals surface area contributed by atoms with Crippen molar-refractivity contribution >= 4 is 17.7 Å². The van der Waals surface area contributed by atoms with E-state index in [4.69, 9.17) is 5.84 Å². The van der Waals surface area contributed by atoms with Gasteiger partial charge in [0.15, 0.2) is 5.82 Å². The Kier molecular flexibility index (Phi) is 5.88. The van der Waals surface area contributed by atoms with Crippen molar-refractivity contribution in [1.29, 1.82) is 0 Å². The molecule has 1 unspecified atom stereocenters. The van der Waals surface area contributed by atoms with Crippen LogP contribution in [-0.4, -0.2) is 32.6 Å². The lowest BCUT2D eigenvalue weighted by Crippen LogP contribution is -2.33. The van der Waals surface area contributed by atoms with Crippen LogP contribution in [0.1, 0.15) is 39.1 Å². The zero-order chi connectivity index (χ0) is 17.7. The average Bonchev–Trinajstić information content (AvgIpc) is 2.89. The summed E-state index contributed by atoms with van der Waals surface area (Å²) in [6.07, 6.45) is 0.811. The standard InChI is InChI=1S/C17H25N5OS/c1-12(14(23)19-11-10-13-8-6-5-7-9-13)24-16-21-20-15(22(16)18)17(2,3)4/h5-9,12H,10-11,18H2,1-4H3,(H,19,23). The SMILES string of the molecule is CC(Sc1nnc(C(C)(C)C)n1N)C(=O)NCCc1ccccc1. The summed E-state index contributed by atoms with van der Waals surface area (Å²) < 4.78 is 1.47. The van der Waals surface area contributed by atoms with Gasteiger partial charge in [0.05, 0.1) is 5.25 Å². The summed E-state index contributed by atoms with van der Waals surface area (Å²) in [5.74, 6) is 6.72. The number of nitrogen functional groups attached to an aromatic ring is 1. The first kappa shape index (κ1) is 18.3. The molecule has 0 spiro atoms. The van der Waals surface area contributed by atoms with E-state index >= 15 is 0 Å². The summed E-state index contributed by atoms with van der Waals surface area (Å²) in [6, 6.07) is 10.1. The topological polar surface area (TPSA) is 85.8 Å². The van der Waals surface area contributed by atoms with Crippen LogP contribution in [0.3, 0.4) is 0 Å². The fourth-order valence-corrected chi connectivity index (χ4v) is 2.99. The molecule has 3 N–H and O–H groups in total. The molecule has 1 aromatic carbocycles. The van der Waals surface area contributed by atoms with Gasteiger partial charge in [-0.05, 0) is 18.9 Å². The van der Waals surface area contributed by atoms with Gasteiger partial charge in [-0.15, -0.1) is 10.2 Å². The Balaban J connectivity index is 1.87. The Hall–Kier alpha value is -2.02. The molecular weight excluding hydrogens is 322 g/mol. The maximum atomic E-state index is 12.2. The maximum Gasteiger partial charge on any atom is 0.233 e. The van der Waals surface area contributed by atoms with Crippen molar-refractivity contribution in [2.24, 2.45) is 0 Å². The highest BCUT2D eigenvalue weighted by molar-refractivity contribution is 8.00. The van der Waals surface area contributed by atoms with E-state index in [2.05, 4.69) is 27.6 Å². The Labute approximate surface area is 147 Å². The fourth-order valence-electron chi connectivity index (χ4n) is 2.20. The van der Waals surface area contributed by atoms with Gasteiger partial charge in [0.25, 0.3) is 0 Å². The van der Waals surface area contributed by atoms with E-state index in [0.29, 0.717) is 17.5 Å². The van der Waals surface area contributed by atoms with Gasteiger partial charge in [-0.3, -0.25) is 4.79 Å². The van der Waals surface area contributed by atoms with Crippen LogP contribution in [-0.2, 0) is 16.6 Å². The van der Waals surface area contributed by atoms with Crippen LogP contribution in [0.4, 0.5) is 0 Å². The molecular formula is C17H25N5OS. The first-order valence-corrected chi connectivity index (χ1v) is 8.86. The van der Waals surface area contributed by atoms with Crippen molar-refractivity contribution < 1.29 is 4.79 Å². The van der Waals surface area contributed by atoms with Crippen LogP contribution in [0.2, 0.25) is 0 Å². The third-order valence-corrected chi connectivity index (χ3v) is 4.60. The van der Waals surface area contributed by atoms with E-state index in [1.807, 2.05) is 45.9 Å².